The van der Waals surface area contributed by atoms with Crippen molar-refractivity contribution in [1.82, 2.24) is 4.57 Å². The van der Waals surface area contributed by atoms with Gasteiger partial charge in [-0.1, -0.05) is 44.2 Å². The smallest absolute Gasteiger partial charge is 0.305 e. The van der Waals surface area contributed by atoms with Crippen LogP contribution in [0.3, 0.4) is 0 Å². The van der Waals surface area contributed by atoms with Crippen LogP contribution < -0.4 is 0 Å². The number of rotatable bonds is 11. The summed E-state index contributed by atoms with van der Waals surface area (Å²) in [4.78, 5) is 10.9. The van der Waals surface area contributed by atoms with E-state index in [1.165, 1.54) is 12.1 Å². The van der Waals surface area contributed by atoms with Gasteiger partial charge in [-0.2, -0.15) is 0 Å². The third kappa shape index (κ3) is 6.30. The molecule has 2 aromatic carbocycles. The van der Waals surface area contributed by atoms with E-state index in [-0.39, 0.29) is 30.7 Å². The zero-order chi connectivity index (χ0) is 24.0. The summed E-state index contributed by atoms with van der Waals surface area (Å²) in [6.07, 6.45) is -0.705. The fraction of sp³-hybridized carbons (Fsp3) is 0.370. The molecule has 5 nitrogen and oxygen atoms in total. The van der Waals surface area contributed by atoms with Gasteiger partial charge in [0.15, 0.2) is 0 Å². The number of nitrogens with zero attached hydrogens (tertiary/aromatic N) is 1. The van der Waals surface area contributed by atoms with Gasteiger partial charge in [0.1, 0.15) is 5.82 Å². The van der Waals surface area contributed by atoms with Crippen molar-refractivity contribution in [3.63, 3.8) is 0 Å². The summed E-state index contributed by atoms with van der Waals surface area (Å²) in [6.45, 7) is 4.89. The summed E-state index contributed by atoms with van der Waals surface area (Å²) in [5, 5.41) is 19.0. The average molecular weight is 454 g/mol. The van der Waals surface area contributed by atoms with Crippen LogP contribution in [0.25, 0.3) is 22.4 Å². The van der Waals surface area contributed by atoms with E-state index in [1.54, 1.807) is 19.2 Å². The number of ether oxygens (including phenoxy) is 1. The van der Waals surface area contributed by atoms with Gasteiger partial charge in [-0.15, -0.1) is 0 Å². The van der Waals surface area contributed by atoms with E-state index in [2.05, 4.69) is 36.6 Å². The summed E-state index contributed by atoms with van der Waals surface area (Å²) in [6, 6.07) is 18.8. The maximum absolute atomic E-state index is 13.7. The first-order valence-electron chi connectivity index (χ1n) is 11.3. The van der Waals surface area contributed by atoms with Crippen LogP contribution in [-0.2, 0) is 16.1 Å². The van der Waals surface area contributed by atoms with Gasteiger partial charge in [-0.05, 0) is 53.8 Å². The highest BCUT2D eigenvalue weighted by molar-refractivity contribution is 5.82. The van der Waals surface area contributed by atoms with Crippen molar-refractivity contribution in [3.8, 4) is 22.4 Å². The molecule has 1 heterocycles. The molecule has 0 spiro atoms. The van der Waals surface area contributed by atoms with Gasteiger partial charge in [0.05, 0.1) is 24.3 Å². The number of aliphatic hydroxyl groups excluding tert-OH is 1. The normalized spacial score (nSPS) is 13.3. The van der Waals surface area contributed by atoms with Crippen molar-refractivity contribution in [2.24, 2.45) is 0 Å². The zero-order valence-electron chi connectivity index (χ0n) is 19.4. The monoisotopic (exact) mass is 453 g/mol. The lowest BCUT2D eigenvalue weighted by Crippen LogP contribution is -2.24. The fourth-order valence-corrected chi connectivity index (χ4v) is 4.24. The molecule has 0 unspecified atom stereocenters. The maximum Gasteiger partial charge on any atom is 0.305 e. The highest BCUT2D eigenvalue weighted by atomic mass is 19.1. The predicted octanol–water partition coefficient (Wildman–Crippen LogP) is 5.72. The average Bonchev–Trinajstić information content (AvgIpc) is 3.17. The molecule has 0 aliphatic rings. The number of benzene rings is 2. The second-order valence-corrected chi connectivity index (χ2v) is 8.64. The number of carboxylic acid groups (broad SMARTS) is 1. The molecule has 1 aromatic heterocycles. The molecule has 2 atom stereocenters. The number of methoxy groups -OCH3 is 1. The fourth-order valence-electron chi connectivity index (χ4n) is 4.24. The van der Waals surface area contributed by atoms with E-state index >= 15 is 0 Å². The van der Waals surface area contributed by atoms with Crippen molar-refractivity contribution >= 4 is 5.97 Å². The Bertz CT molecular complexity index is 1040. The van der Waals surface area contributed by atoms with Gasteiger partial charge in [0.25, 0.3) is 0 Å². The molecule has 0 aliphatic carbocycles. The Labute approximate surface area is 194 Å². The van der Waals surface area contributed by atoms with Crippen molar-refractivity contribution in [2.45, 2.75) is 57.8 Å². The minimum absolute atomic E-state index is 0.249. The second-order valence-electron chi connectivity index (χ2n) is 8.64. The Balaban J connectivity index is 2.01. The van der Waals surface area contributed by atoms with E-state index in [0.717, 1.165) is 28.1 Å². The van der Waals surface area contributed by atoms with E-state index in [1.807, 2.05) is 18.2 Å². The Kier molecular flexibility index (Phi) is 8.42. The van der Waals surface area contributed by atoms with Crippen LogP contribution in [0.5, 0.6) is 0 Å². The summed E-state index contributed by atoms with van der Waals surface area (Å²) >= 11 is 0. The molecular weight excluding hydrogens is 421 g/mol. The topological polar surface area (TPSA) is 71.7 Å². The van der Waals surface area contributed by atoms with Crippen molar-refractivity contribution in [2.75, 3.05) is 7.11 Å². The summed E-state index contributed by atoms with van der Waals surface area (Å²) in [5.74, 6) is -1.06. The first kappa shape index (κ1) is 24.7. The van der Waals surface area contributed by atoms with Crippen LogP contribution in [-0.4, -0.2) is 40.1 Å². The SMILES string of the molecule is CO[C@H](CCn1c(C(C)C)cc(-c2ccccc2)c1-c1ccc(F)cc1)C[C@@H](O)CC(=O)O. The number of halogens is 1. The molecule has 0 radical (unpaired) electrons. The molecule has 0 aliphatic heterocycles. The molecule has 6 heteroatoms. The van der Waals surface area contributed by atoms with Crippen molar-refractivity contribution < 1.29 is 24.1 Å². The third-order valence-corrected chi connectivity index (χ3v) is 5.88. The minimum atomic E-state index is -1.03. The highest BCUT2D eigenvalue weighted by Crippen LogP contribution is 2.38. The number of carbonyl (C=O) groups is 1. The van der Waals surface area contributed by atoms with Crippen LogP contribution in [0, 0.1) is 5.82 Å². The number of aliphatic carboxylic acids is 1. The molecule has 0 amide bonds. The standard InChI is InChI=1S/C27H32FNO4/c1-18(2)25-17-24(19-7-5-4-6-8-19)27(20-9-11-21(28)12-10-20)29(25)14-13-23(33-3)15-22(30)16-26(31)32/h4-12,17-18,22-23,30H,13-16H2,1-3H3,(H,31,32)/t22-,23-/m1/s1. The molecule has 0 saturated heterocycles. The van der Waals surface area contributed by atoms with Crippen LogP contribution in [0.1, 0.15) is 44.7 Å². The lowest BCUT2D eigenvalue weighted by atomic mass is 10.0. The van der Waals surface area contributed by atoms with Crippen LogP contribution in [0.2, 0.25) is 0 Å². The molecule has 176 valence electrons. The van der Waals surface area contributed by atoms with Gasteiger partial charge in [0, 0.05) is 31.3 Å². The molecule has 3 rings (SSSR count). The van der Waals surface area contributed by atoms with E-state index in [4.69, 9.17) is 9.84 Å². The largest absolute Gasteiger partial charge is 0.481 e. The molecule has 0 bridgehead atoms. The predicted molar refractivity (Wildman–Crippen MR) is 128 cm³/mol. The zero-order valence-corrected chi connectivity index (χ0v) is 19.4. The number of aliphatic hydroxyl groups is 1. The van der Waals surface area contributed by atoms with Gasteiger partial charge in [0.2, 0.25) is 0 Å². The second kappa shape index (κ2) is 11.3. The molecule has 0 saturated carbocycles. The highest BCUT2D eigenvalue weighted by Gasteiger charge is 2.22. The number of hydrogen-bond acceptors (Lipinski definition) is 3. The first-order valence-corrected chi connectivity index (χ1v) is 11.3. The molecule has 3 aromatic rings. The lowest BCUT2D eigenvalue weighted by molar-refractivity contribution is -0.139. The Morgan fingerprint density at radius 1 is 1.06 bits per heavy atom. The molecule has 2 N–H and O–H groups in total. The van der Waals surface area contributed by atoms with Gasteiger partial charge in [-0.3, -0.25) is 4.79 Å². The third-order valence-electron chi connectivity index (χ3n) is 5.88. The summed E-state index contributed by atoms with van der Waals surface area (Å²) in [5.41, 5.74) is 5.23. The maximum atomic E-state index is 13.7. The number of carboxylic acids is 1. The van der Waals surface area contributed by atoms with Crippen LogP contribution in [0.15, 0.2) is 60.7 Å². The first-order chi connectivity index (χ1) is 15.8. The number of hydrogen-bond donors (Lipinski definition) is 2. The van der Waals surface area contributed by atoms with Crippen LogP contribution in [0.4, 0.5) is 4.39 Å². The number of aromatic nitrogens is 1. The van der Waals surface area contributed by atoms with Crippen molar-refractivity contribution in [1.29, 1.82) is 0 Å². The lowest BCUT2D eigenvalue weighted by Gasteiger charge is -2.22. The van der Waals surface area contributed by atoms with Crippen LogP contribution >= 0.6 is 0 Å². The summed E-state index contributed by atoms with van der Waals surface area (Å²) < 4.78 is 21.5. The van der Waals surface area contributed by atoms with Gasteiger partial charge >= 0.3 is 5.97 Å². The molecule has 0 fully saturated rings. The Morgan fingerprint density at radius 3 is 2.30 bits per heavy atom. The molecular formula is C27H32FNO4. The van der Waals surface area contributed by atoms with E-state index in [0.29, 0.717) is 13.0 Å². The minimum Gasteiger partial charge on any atom is -0.481 e. The van der Waals surface area contributed by atoms with Crippen molar-refractivity contribution in [3.05, 3.63) is 72.2 Å². The molecule has 33 heavy (non-hydrogen) atoms. The summed E-state index contributed by atoms with van der Waals surface area (Å²) in [7, 11) is 1.58. The quantitative estimate of drug-likeness (QED) is 0.390. The van der Waals surface area contributed by atoms with Gasteiger partial charge < -0.3 is 19.5 Å². The van der Waals surface area contributed by atoms with Gasteiger partial charge in [-0.25, -0.2) is 4.39 Å². The Morgan fingerprint density at radius 2 is 1.73 bits per heavy atom. The van der Waals surface area contributed by atoms with E-state index in [9.17, 15) is 14.3 Å². The Hall–Kier alpha value is -2.96. The van der Waals surface area contributed by atoms with E-state index < -0.39 is 12.1 Å².